The molecule has 9 heteroatoms. The summed E-state index contributed by atoms with van der Waals surface area (Å²) in [6, 6.07) is 6.85. The number of carbonyl (C=O) groups excluding carboxylic acids is 1. The Morgan fingerprint density at radius 2 is 2.22 bits per heavy atom. The highest BCUT2D eigenvalue weighted by molar-refractivity contribution is 5.92. The number of hydrogen-bond donors (Lipinski definition) is 2. The molecule has 27 heavy (non-hydrogen) atoms. The first-order valence-electron chi connectivity index (χ1n) is 8.44. The van der Waals surface area contributed by atoms with E-state index in [1.807, 2.05) is 20.2 Å². The van der Waals surface area contributed by atoms with Crippen molar-refractivity contribution in [3.8, 4) is 17.2 Å². The van der Waals surface area contributed by atoms with Crippen molar-refractivity contribution in [2.24, 2.45) is 7.05 Å². The average Bonchev–Trinajstić information content (AvgIpc) is 3.39. The van der Waals surface area contributed by atoms with Gasteiger partial charge >= 0.3 is 0 Å². The monoisotopic (exact) mass is 369 g/mol. The summed E-state index contributed by atoms with van der Waals surface area (Å²) in [4.78, 5) is 12.4. The molecule has 9 nitrogen and oxygen atoms in total. The number of amides is 1. The third-order valence-corrected chi connectivity index (χ3v) is 4.17. The zero-order valence-electron chi connectivity index (χ0n) is 14.9. The van der Waals surface area contributed by atoms with Gasteiger partial charge in [-0.05, 0) is 25.1 Å². The van der Waals surface area contributed by atoms with Crippen LogP contribution >= 0.6 is 0 Å². The van der Waals surface area contributed by atoms with Crippen LogP contribution in [0.15, 0.2) is 36.7 Å². The van der Waals surface area contributed by atoms with E-state index in [-0.39, 0.29) is 25.3 Å². The summed E-state index contributed by atoms with van der Waals surface area (Å²) >= 11 is 0. The van der Waals surface area contributed by atoms with Crippen LogP contribution < -0.4 is 19.5 Å². The van der Waals surface area contributed by atoms with Gasteiger partial charge in [0.2, 0.25) is 6.79 Å². The Bertz CT molecular complexity index is 964. The molecule has 2 N–H and O–H groups in total. The molecular formula is C18H19N5O4. The molecule has 140 valence electrons. The Kier molecular flexibility index (Phi) is 4.41. The molecular weight excluding hydrogens is 350 g/mol. The van der Waals surface area contributed by atoms with Gasteiger partial charge in [0.1, 0.15) is 18.1 Å². The van der Waals surface area contributed by atoms with Gasteiger partial charge in [0.15, 0.2) is 11.5 Å². The van der Waals surface area contributed by atoms with Gasteiger partial charge in [0.25, 0.3) is 5.91 Å². The molecule has 0 aliphatic carbocycles. The lowest BCUT2D eigenvalue weighted by molar-refractivity contribution is 0.0934. The van der Waals surface area contributed by atoms with Crippen LogP contribution in [0.2, 0.25) is 0 Å². The number of aryl methyl sites for hydroxylation is 1. The van der Waals surface area contributed by atoms with Gasteiger partial charge in [-0.3, -0.25) is 14.6 Å². The molecule has 0 radical (unpaired) electrons. The smallest absolute Gasteiger partial charge is 0.272 e. The van der Waals surface area contributed by atoms with Crippen molar-refractivity contribution in [2.45, 2.75) is 19.6 Å². The van der Waals surface area contributed by atoms with E-state index in [2.05, 4.69) is 20.6 Å². The van der Waals surface area contributed by atoms with Gasteiger partial charge in [-0.2, -0.15) is 10.2 Å². The Morgan fingerprint density at radius 1 is 1.37 bits per heavy atom. The molecule has 0 saturated carbocycles. The van der Waals surface area contributed by atoms with Crippen LogP contribution in [0.5, 0.6) is 17.2 Å². The van der Waals surface area contributed by atoms with Gasteiger partial charge < -0.3 is 19.5 Å². The van der Waals surface area contributed by atoms with Crippen molar-refractivity contribution in [3.63, 3.8) is 0 Å². The number of rotatable bonds is 6. The van der Waals surface area contributed by atoms with E-state index in [4.69, 9.17) is 14.2 Å². The third-order valence-electron chi connectivity index (χ3n) is 4.17. The SMILES string of the molecule is CC(NC(=O)c1cc(COc2ccc3c(c2)OCO3)[nH]n1)c1cnn(C)c1. The molecule has 4 rings (SSSR count). The van der Waals surface area contributed by atoms with E-state index >= 15 is 0 Å². The quantitative estimate of drug-likeness (QED) is 0.688. The van der Waals surface area contributed by atoms with E-state index in [0.717, 1.165) is 5.56 Å². The maximum atomic E-state index is 12.4. The minimum absolute atomic E-state index is 0.170. The number of aromatic nitrogens is 4. The molecule has 1 amide bonds. The summed E-state index contributed by atoms with van der Waals surface area (Å²) in [7, 11) is 1.83. The molecule has 1 aliphatic heterocycles. The Balaban J connectivity index is 1.34. The van der Waals surface area contributed by atoms with Crippen molar-refractivity contribution < 1.29 is 19.0 Å². The maximum absolute atomic E-state index is 12.4. The molecule has 3 heterocycles. The molecule has 1 atom stereocenters. The molecule has 0 saturated heterocycles. The van der Waals surface area contributed by atoms with Gasteiger partial charge in [-0.15, -0.1) is 0 Å². The van der Waals surface area contributed by atoms with Gasteiger partial charge in [-0.1, -0.05) is 0 Å². The van der Waals surface area contributed by atoms with E-state index in [1.54, 1.807) is 35.1 Å². The number of aromatic amines is 1. The Morgan fingerprint density at radius 3 is 3.04 bits per heavy atom. The number of fused-ring (bicyclic) bond motifs is 1. The minimum atomic E-state index is -0.267. The highest BCUT2D eigenvalue weighted by Crippen LogP contribution is 2.35. The van der Waals surface area contributed by atoms with Crippen LogP contribution in [0.3, 0.4) is 0 Å². The highest BCUT2D eigenvalue weighted by atomic mass is 16.7. The number of hydrogen-bond acceptors (Lipinski definition) is 6. The maximum Gasteiger partial charge on any atom is 0.272 e. The summed E-state index contributed by atoms with van der Waals surface area (Å²) in [6.45, 7) is 2.36. The second kappa shape index (κ2) is 7.02. The molecule has 0 spiro atoms. The lowest BCUT2D eigenvalue weighted by atomic mass is 10.2. The first kappa shape index (κ1) is 17.0. The molecule has 1 aromatic carbocycles. The van der Waals surface area contributed by atoms with E-state index in [0.29, 0.717) is 28.6 Å². The zero-order valence-corrected chi connectivity index (χ0v) is 14.9. The van der Waals surface area contributed by atoms with Gasteiger partial charge in [-0.25, -0.2) is 0 Å². The second-order valence-corrected chi connectivity index (χ2v) is 6.22. The van der Waals surface area contributed by atoms with Crippen LogP contribution in [0, 0.1) is 0 Å². The van der Waals surface area contributed by atoms with Crippen LogP contribution in [-0.4, -0.2) is 32.7 Å². The van der Waals surface area contributed by atoms with Crippen LogP contribution in [0.1, 0.15) is 34.7 Å². The molecule has 0 bridgehead atoms. The molecule has 2 aromatic heterocycles. The second-order valence-electron chi connectivity index (χ2n) is 6.22. The van der Waals surface area contributed by atoms with E-state index < -0.39 is 0 Å². The van der Waals surface area contributed by atoms with Crippen LogP contribution in [0.4, 0.5) is 0 Å². The number of nitrogens with zero attached hydrogens (tertiary/aromatic N) is 3. The lowest BCUT2D eigenvalue weighted by Crippen LogP contribution is -2.26. The van der Waals surface area contributed by atoms with Crippen molar-refractivity contribution >= 4 is 5.91 Å². The first-order chi connectivity index (χ1) is 13.1. The first-order valence-corrected chi connectivity index (χ1v) is 8.44. The summed E-state index contributed by atoms with van der Waals surface area (Å²) in [5.74, 6) is 1.73. The fourth-order valence-electron chi connectivity index (χ4n) is 2.70. The fraction of sp³-hybridized carbons (Fsp3) is 0.278. The summed E-state index contributed by atoms with van der Waals surface area (Å²) < 4.78 is 18.0. The van der Waals surface area contributed by atoms with Gasteiger partial charge in [0, 0.05) is 24.9 Å². The number of H-pyrrole nitrogens is 1. The highest BCUT2D eigenvalue weighted by Gasteiger charge is 2.16. The zero-order chi connectivity index (χ0) is 18.8. The van der Waals surface area contributed by atoms with Crippen molar-refractivity contribution in [2.75, 3.05) is 6.79 Å². The Labute approximate surface area is 155 Å². The van der Waals surface area contributed by atoms with Crippen molar-refractivity contribution in [1.82, 2.24) is 25.3 Å². The average molecular weight is 369 g/mol. The van der Waals surface area contributed by atoms with Crippen molar-refractivity contribution in [3.05, 3.63) is 53.6 Å². The molecule has 1 unspecified atom stereocenters. The normalized spacial score (nSPS) is 13.4. The fourth-order valence-corrected chi connectivity index (χ4v) is 2.70. The number of ether oxygens (including phenoxy) is 3. The predicted molar refractivity (Wildman–Crippen MR) is 94.6 cm³/mol. The predicted octanol–water partition coefficient (Wildman–Crippen LogP) is 1.94. The van der Waals surface area contributed by atoms with Crippen molar-refractivity contribution in [1.29, 1.82) is 0 Å². The van der Waals surface area contributed by atoms with E-state index in [9.17, 15) is 4.79 Å². The Hall–Kier alpha value is -3.49. The molecule has 0 fully saturated rings. The number of benzene rings is 1. The molecule has 1 aliphatic rings. The van der Waals surface area contributed by atoms with Crippen LogP contribution in [0.25, 0.3) is 0 Å². The standard InChI is InChI=1S/C18H19N5O4/c1-11(12-7-19-23(2)8-12)20-18(24)15-5-13(21-22-15)9-25-14-3-4-16-17(6-14)27-10-26-16/h3-8,11H,9-10H2,1-2H3,(H,20,24)(H,21,22). The largest absolute Gasteiger partial charge is 0.487 e. The third kappa shape index (κ3) is 3.71. The lowest BCUT2D eigenvalue weighted by Gasteiger charge is -2.10. The molecule has 3 aromatic rings. The summed E-state index contributed by atoms with van der Waals surface area (Å²) in [6.07, 6.45) is 3.58. The minimum Gasteiger partial charge on any atom is -0.487 e. The van der Waals surface area contributed by atoms with E-state index in [1.165, 1.54) is 0 Å². The topological polar surface area (TPSA) is 103 Å². The number of nitrogens with one attached hydrogen (secondary N) is 2. The summed E-state index contributed by atoms with van der Waals surface area (Å²) in [5.41, 5.74) is 1.91. The van der Waals surface area contributed by atoms with Gasteiger partial charge in [0.05, 0.1) is 17.9 Å². The summed E-state index contributed by atoms with van der Waals surface area (Å²) in [5, 5.41) is 13.9. The number of carbonyl (C=O) groups is 1. The van der Waals surface area contributed by atoms with Crippen LogP contribution in [-0.2, 0) is 13.7 Å².